The molecule has 1 aliphatic heterocycles. The summed E-state index contributed by atoms with van der Waals surface area (Å²) in [7, 11) is 0. The second kappa shape index (κ2) is 8.77. The molecule has 0 bridgehead atoms. The molecule has 0 unspecified atom stereocenters. The van der Waals surface area contributed by atoms with Crippen LogP contribution >= 0.6 is 11.6 Å². The molecular formula is C26H24ClNO4. The Balaban J connectivity index is 2.14. The van der Waals surface area contributed by atoms with Crippen molar-refractivity contribution in [2.75, 3.05) is 6.54 Å². The Labute approximate surface area is 192 Å². The maximum Gasteiger partial charge on any atom is 0.364 e. The van der Waals surface area contributed by atoms with Gasteiger partial charge in [-0.1, -0.05) is 90.5 Å². The highest BCUT2D eigenvalue weighted by molar-refractivity contribution is 6.31. The van der Waals surface area contributed by atoms with E-state index in [0.717, 1.165) is 16.7 Å². The highest BCUT2D eigenvalue weighted by Crippen LogP contribution is 2.51. The van der Waals surface area contributed by atoms with Gasteiger partial charge in [0.1, 0.15) is 5.54 Å². The third-order valence-corrected chi connectivity index (χ3v) is 6.36. The SMILES string of the molecule is CC(=O)O[C@@]1(C(=O)O)CCCN1C(c1ccccc1)(c1ccccc1)c1ccccc1Cl. The molecule has 5 nitrogen and oxygen atoms in total. The Morgan fingerprint density at radius 2 is 1.47 bits per heavy atom. The number of ether oxygens (including phenoxy) is 1. The zero-order valence-corrected chi connectivity index (χ0v) is 18.5. The second-order valence-electron chi connectivity index (χ2n) is 7.86. The highest BCUT2D eigenvalue weighted by atomic mass is 35.5. The molecular weight excluding hydrogens is 426 g/mol. The van der Waals surface area contributed by atoms with Crippen molar-refractivity contribution >= 4 is 23.5 Å². The Morgan fingerprint density at radius 3 is 1.97 bits per heavy atom. The largest absolute Gasteiger partial charge is 0.477 e. The number of halogens is 1. The number of hydrogen-bond acceptors (Lipinski definition) is 4. The van der Waals surface area contributed by atoms with Crippen molar-refractivity contribution in [3.05, 3.63) is 107 Å². The van der Waals surface area contributed by atoms with Crippen molar-refractivity contribution in [1.29, 1.82) is 0 Å². The summed E-state index contributed by atoms with van der Waals surface area (Å²) < 4.78 is 5.63. The topological polar surface area (TPSA) is 66.8 Å². The van der Waals surface area contributed by atoms with E-state index in [9.17, 15) is 14.7 Å². The van der Waals surface area contributed by atoms with Gasteiger partial charge in [-0.05, 0) is 23.6 Å². The molecule has 164 valence electrons. The van der Waals surface area contributed by atoms with Crippen molar-refractivity contribution in [1.82, 2.24) is 4.90 Å². The lowest BCUT2D eigenvalue weighted by Crippen LogP contribution is -2.62. The lowest BCUT2D eigenvalue weighted by atomic mass is 9.74. The van der Waals surface area contributed by atoms with Gasteiger partial charge in [0.2, 0.25) is 0 Å². The molecule has 6 heteroatoms. The van der Waals surface area contributed by atoms with Crippen molar-refractivity contribution in [3.63, 3.8) is 0 Å². The maximum atomic E-state index is 12.7. The minimum Gasteiger partial charge on any atom is -0.477 e. The number of carbonyl (C=O) groups excluding carboxylic acids is 1. The molecule has 1 atom stereocenters. The molecule has 0 spiro atoms. The zero-order valence-electron chi connectivity index (χ0n) is 17.7. The van der Waals surface area contributed by atoms with E-state index in [0.29, 0.717) is 18.0 Å². The molecule has 1 fully saturated rings. The van der Waals surface area contributed by atoms with Crippen LogP contribution in [0.15, 0.2) is 84.9 Å². The summed E-state index contributed by atoms with van der Waals surface area (Å²) in [5, 5.41) is 10.9. The van der Waals surface area contributed by atoms with E-state index in [1.165, 1.54) is 6.92 Å². The number of hydrogen-bond donors (Lipinski definition) is 1. The van der Waals surface area contributed by atoms with Crippen LogP contribution in [0, 0.1) is 0 Å². The van der Waals surface area contributed by atoms with Crippen LogP contribution in [0.2, 0.25) is 5.02 Å². The Morgan fingerprint density at radius 1 is 0.938 bits per heavy atom. The van der Waals surface area contributed by atoms with E-state index in [4.69, 9.17) is 16.3 Å². The van der Waals surface area contributed by atoms with Gasteiger partial charge < -0.3 is 9.84 Å². The van der Waals surface area contributed by atoms with Crippen molar-refractivity contribution in [2.45, 2.75) is 31.0 Å². The molecule has 0 amide bonds. The van der Waals surface area contributed by atoms with Gasteiger partial charge in [-0.2, -0.15) is 0 Å². The summed E-state index contributed by atoms with van der Waals surface area (Å²) in [6.45, 7) is 1.64. The molecule has 0 saturated carbocycles. The van der Waals surface area contributed by atoms with E-state index in [1.807, 2.05) is 78.9 Å². The Kier molecular flexibility index (Phi) is 6.04. The van der Waals surface area contributed by atoms with Crippen LogP contribution in [0.5, 0.6) is 0 Å². The minimum atomic E-state index is -1.84. The first-order valence-corrected chi connectivity index (χ1v) is 10.9. The number of esters is 1. The number of nitrogens with zero attached hydrogens (tertiary/aromatic N) is 1. The molecule has 3 aromatic rings. The van der Waals surface area contributed by atoms with Crippen LogP contribution in [0.1, 0.15) is 36.5 Å². The summed E-state index contributed by atoms with van der Waals surface area (Å²) in [5.74, 6) is -1.85. The van der Waals surface area contributed by atoms with E-state index >= 15 is 0 Å². The predicted molar refractivity (Wildman–Crippen MR) is 122 cm³/mol. The summed E-state index contributed by atoms with van der Waals surface area (Å²) in [5.41, 5.74) is -0.557. The van der Waals surface area contributed by atoms with Crippen LogP contribution < -0.4 is 0 Å². The molecule has 1 aliphatic rings. The smallest absolute Gasteiger partial charge is 0.364 e. The van der Waals surface area contributed by atoms with E-state index in [2.05, 4.69) is 0 Å². The highest BCUT2D eigenvalue weighted by Gasteiger charge is 2.60. The van der Waals surface area contributed by atoms with Gasteiger partial charge in [0.25, 0.3) is 5.72 Å². The quantitative estimate of drug-likeness (QED) is 0.420. The summed E-state index contributed by atoms with van der Waals surface area (Å²) in [4.78, 5) is 26.7. The first-order valence-electron chi connectivity index (χ1n) is 10.5. The summed E-state index contributed by atoms with van der Waals surface area (Å²) >= 11 is 6.78. The third-order valence-electron chi connectivity index (χ3n) is 6.03. The zero-order chi connectivity index (χ0) is 22.8. The first kappa shape index (κ1) is 22.1. The average Bonchev–Trinajstić information content (AvgIpc) is 3.21. The normalized spacial score (nSPS) is 18.9. The van der Waals surface area contributed by atoms with Crippen molar-refractivity contribution < 1.29 is 19.4 Å². The lowest BCUT2D eigenvalue weighted by molar-refractivity contribution is -0.204. The molecule has 0 aromatic heterocycles. The van der Waals surface area contributed by atoms with Crippen LogP contribution in [-0.4, -0.2) is 34.2 Å². The monoisotopic (exact) mass is 449 g/mol. The number of benzene rings is 3. The van der Waals surface area contributed by atoms with Gasteiger partial charge >= 0.3 is 11.9 Å². The minimum absolute atomic E-state index is 0.174. The molecule has 3 aromatic carbocycles. The van der Waals surface area contributed by atoms with Crippen LogP contribution in [-0.2, 0) is 19.9 Å². The number of carboxylic acids is 1. The molecule has 0 aliphatic carbocycles. The maximum absolute atomic E-state index is 12.7. The predicted octanol–water partition coefficient (Wildman–Crippen LogP) is 5.07. The molecule has 1 heterocycles. The van der Waals surface area contributed by atoms with E-state index in [1.54, 1.807) is 11.0 Å². The van der Waals surface area contributed by atoms with Gasteiger partial charge in [0.05, 0.1) is 0 Å². The number of carboxylic acid groups (broad SMARTS) is 1. The van der Waals surface area contributed by atoms with E-state index in [-0.39, 0.29) is 6.42 Å². The number of aliphatic carboxylic acids is 1. The van der Waals surface area contributed by atoms with Crippen molar-refractivity contribution in [2.24, 2.45) is 0 Å². The number of rotatable bonds is 6. The molecule has 0 radical (unpaired) electrons. The lowest BCUT2D eigenvalue weighted by Gasteiger charge is -2.49. The molecule has 1 saturated heterocycles. The van der Waals surface area contributed by atoms with Crippen LogP contribution in [0.4, 0.5) is 0 Å². The first-order chi connectivity index (χ1) is 15.4. The average molecular weight is 450 g/mol. The van der Waals surface area contributed by atoms with Gasteiger partial charge in [-0.3, -0.25) is 4.79 Å². The molecule has 32 heavy (non-hydrogen) atoms. The summed E-state index contributed by atoms with van der Waals surface area (Å²) in [6, 6.07) is 26.7. The fourth-order valence-corrected chi connectivity index (χ4v) is 5.16. The standard InChI is InChI=1S/C26H24ClNO4/c1-19(29)32-25(24(30)31)17-10-18-28(25)26(20-11-4-2-5-12-20,21-13-6-3-7-14-21)22-15-8-9-16-23(22)27/h2-9,11-16H,10,17-18H2,1H3,(H,30,31)/t25-/m1/s1. The summed E-state index contributed by atoms with van der Waals surface area (Å²) in [6.07, 6.45) is 0.721. The number of likely N-dealkylation sites (tertiary alicyclic amines) is 1. The van der Waals surface area contributed by atoms with Crippen LogP contribution in [0.3, 0.4) is 0 Å². The van der Waals surface area contributed by atoms with E-state index < -0.39 is 23.2 Å². The van der Waals surface area contributed by atoms with Gasteiger partial charge in [0.15, 0.2) is 0 Å². The van der Waals surface area contributed by atoms with Gasteiger partial charge in [-0.15, -0.1) is 0 Å². The third kappa shape index (κ3) is 3.48. The Bertz CT molecular complexity index is 1080. The van der Waals surface area contributed by atoms with Crippen LogP contribution in [0.25, 0.3) is 0 Å². The van der Waals surface area contributed by atoms with Gasteiger partial charge in [0, 0.05) is 30.5 Å². The molecule has 1 N–H and O–H groups in total. The fraction of sp³-hybridized carbons (Fsp3) is 0.231. The fourth-order valence-electron chi connectivity index (χ4n) is 4.89. The van der Waals surface area contributed by atoms with Crippen molar-refractivity contribution in [3.8, 4) is 0 Å². The van der Waals surface area contributed by atoms with Gasteiger partial charge in [-0.25, -0.2) is 9.69 Å². The number of carbonyl (C=O) groups is 2. The Hall–Kier alpha value is -3.15. The second-order valence-corrected chi connectivity index (χ2v) is 8.27. The molecule has 4 rings (SSSR count).